The first-order valence-electron chi connectivity index (χ1n) is 11.0. The Hall–Kier alpha value is -2.70. The van der Waals surface area contributed by atoms with E-state index < -0.39 is 0 Å². The molecule has 0 radical (unpaired) electrons. The zero-order valence-electron chi connectivity index (χ0n) is 18.0. The lowest BCUT2D eigenvalue weighted by Gasteiger charge is -2.26. The lowest BCUT2D eigenvalue weighted by Crippen LogP contribution is -2.37. The summed E-state index contributed by atoms with van der Waals surface area (Å²) in [6.07, 6.45) is 3.03. The van der Waals surface area contributed by atoms with Gasteiger partial charge < -0.3 is 14.4 Å². The van der Waals surface area contributed by atoms with Crippen LogP contribution in [0.5, 0.6) is 5.75 Å². The van der Waals surface area contributed by atoms with Gasteiger partial charge in [0.15, 0.2) is 0 Å². The molecule has 1 saturated heterocycles. The van der Waals surface area contributed by atoms with E-state index >= 15 is 0 Å². The molecule has 1 atom stereocenters. The highest BCUT2D eigenvalue weighted by Crippen LogP contribution is 2.20. The molecule has 2 heterocycles. The van der Waals surface area contributed by atoms with Crippen LogP contribution in [0, 0.1) is 5.82 Å². The highest BCUT2D eigenvalue weighted by atomic mass is 32.1. The van der Waals surface area contributed by atoms with E-state index in [9.17, 15) is 9.18 Å². The first-order valence-corrected chi connectivity index (χ1v) is 12.0. The van der Waals surface area contributed by atoms with Crippen molar-refractivity contribution in [1.82, 2.24) is 4.90 Å². The molecular weight excluding hydrogens is 425 g/mol. The summed E-state index contributed by atoms with van der Waals surface area (Å²) in [5.41, 5.74) is 2.69. The Labute approximate surface area is 192 Å². The second-order valence-electron chi connectivity index (χ2n) is 8.05. The van der Waals surface area contributed by atoms with Gasteiger partial charge in [-0.15, -0.1) is 0 Å². The molecule has 0 N–H and O–H groups in total. The molecule has 1 aliphatic heterocycles. The van der Waals surface area contributed by atoms with E-state index in [1.165, 1.54) is 6.07 Å². The van der Waals surface area contributed by atoms with E-state index in [0.717, 1.165) is 36.3 Å². The van der Waals surface area contributed by atoms with Crippen molar-refractivity contribution in [3.8, 4) is 5.75 Å². The van der Waals surface area contributed by atoms with Gasteiger partial charge in [0.2, 0.25) is 5.91 Å². The summed E-state index contributed by atoms with van der Waals surface area (Å²) in [5.74, 6) is 0.615. The van der Waals surface area contributed by atoms with E-state index in [0.29, 0.717) is 38.1 Å². The van der Waals surface area contributed by atoms with Gasteiger partial charge in [-0.2, -0.15) is 11.3 Å². The molecule has 1 aliphatic rings. The van der Waals surface area contributed by atoms with Crippen molar-refractivity contribution < 1.29 is 18.7 Å². The SMILES string of the molecule is O=C(Cc1ccsc1)N(Cc1cccc(OCCc2ccccc2F)c1)C[C@@H]1CCCO1. The lowest BCUT2D eigenvalue weighted by atomic mass is 10.1. The molecule has 1 fully saturated rings. The highest BCUT2D eigenvalue weighted by molar-refractivity contribution is 7.08. The van der Waals surface area contributed by atoms with E-state index in [1.54, 1.807) is 23.5 Å². The van der Waals surface area contributed by atoms with Crippen LogP contribution in [0.1, 0.15) is 29.5 Å². The molecule has 0 aliphatic carbocycles. The molecule has 4 nitrogen and oxygen atoms in total. The fraction of sp³-hybridized carbons (Fsp3) is 0.346. The second kappa shape index (κ2) is 11.2. The number of nitrogens with zero attached hydrogens (tertiary/aromatic N) is 1. The Balaban J connectivity index is 1.38. The van der Waals surface area contributed by atoms with Gasteiger partial charge in [-0.1, -0.05) is 30.3 Å². The normalized spacial score (nSPS) is 15.6. The summed E-state index contributed by atoms with van der Waals surface area (Å²) in [6.45, 7) is 2.26. The molecule has 0 bridgehead atoms. The minimum Gasteiger partial charge on any atom is -0.493 e. The van der Waals surface area contributed by atoms with Crippen LogP contribution in [0.2, 0.25) is 0 Å². The average Bonchev–Trinajstić information content (AvgIpc) is 3.49. The highest BCUT2D eigenvalue weighted by Gasteiger charge is 2.23. The van der Waals surface area contributed by atoms with Gasteiger partial charge in [-0.25, -0.2) is 4.39 Å². The third-order valence-corrected chi connectivity index (χ3v) is 6.34. The predicted octanol–water partition coefficient (Wildman–Crippen LogP) is 5.26. The van der Waals surface area contributed by atoms with Crippen molar-refractivity contribution in [2.75, 3.05) is 19.8 Å². The Morgan fingerprint density at radius 3 is 2.84 bits per heavy atom. The van der Waals surface area contributed by atoms with E-state index in [2.05, 4.69) is 0 Å². The van der Waals surface area contributed by atoms with Gasteiger partial charge in [-0.05, 0) is 64.6 Å². The molecule has 0 unspecified atom stereocenters. The van der Waals surface area contributed by atoms with Crippen LogP contribution in [0.15, 0.2) is 65.4 Å². The number of ether oxygens (including phenoxy) is 2. The number of benzene rings is 2. The number of amides is 1. The molecule has 168 valence electrons. The van der Waals surface area contributed by atoms with Crippen LogP contribution < -0.4 is 4.74 Å². The van der Waals surface area contributed by atoms with Crippen molar-refractivity contribution >= 4 is 17.2 Å². The van der Waals surface area contributed by atoms with Gasteiger partial charge in [0.05, 0.1) is 19.1 Å². The Morgan fingerprint density at radius 2 is 2.06 bits per heavy atom. The first kappa shape index (κ1) is 22.5. The molecule has 32 heavy (non-hydrogen) atoms. The maximum Gasteiger partial charge on any atom is 0.227 e. The van der Waals surface area contributed by atoms with E-state index in [1.807, 2.05) is 52.1 Å². The van der Waals surface area contributed by atoms with E-state index in [-0.39, 0.29) is 17.8 Å². The fourth-order valence-corrected chi connectivity index (χ4v) is 4.57. The van der Waals surface area contributed by atoms with Crippen molar-refractivity contribution in [3.63, 3.8) is 0 Å². The molecule has 0 spiro atoms. The molecule has 1 amide bonds. The molecule has 0 saturated carbocycles. The first-order chi connectivity index (χ1) is 15.7. The molecular formula is C26H28FNO3S. The van der Waals surface area contributed by atoms with Gasteiger partial charge >= 0.3 is 0 Å². The van der Waals surface area contributed by atoms with Crippen LogP contribution in [-0.4, -0.2) is 36.7 Å². The smallest absolute Gasteiger partial charge is 0.227 e. The summed E-state index contributed by atoms with van der Waals surface area (Å²) in [6, 6.07) is 16.5. The van der Waals surface area contributed by atoms with Gasteiger partial charge in [0.1, 0.15) is 11.6 Å². The zero-order valence-corrected chi connectivity index (χ0v) is 18.9. The molecule has 4 rings (SSSR count). The fourth-order valence-electron chi connectivity index (χ4n) is 3.90. The van der Waals surface area contributed by atoms with Crippen LogP contribution in [0.25, 0.3) is 0 Å². The van der Waals surface area contributed by atoms with Gasteiger partial charge in [-0.3, -0.25) is 4.79 Å². The summed E-state index contributed by atoms with van der Waals surface area (Å²) in [7, 11) is 0. The maximum absolute atomic E-state index is 13.8. The van der Waals surface area contributed by atoms with Gasteiger partial charge in [0, 0.05) is 26.1 Å². The number of halogens is 1. The second-order valence-corrected chi connectivity index (χ2v) is 8.83. The number of hydrogen-bond donors (Lipinski definition) is 0. The van der Waals surface area contributed by atoms with Crippen molar-refractivity contribution in [2.45, 2.75) is 38.3 Å². The number of rotatable bonds is 10. The summed E-state index contributed by atoms with van der Waals surface area (Å²) >= 11 is 1.60. The Kier molecular flexibility index (Phi) is 7.91. The van der Waals surface area contributed by atoms with Crippen LogP contribution >= 0.6 is 11.3 Å². The zero-order chi connectivity index (χ0) is 22.2. The quantitative estimate of drug-likeness (QED) is 0.420. The average molecular weight is 454 g/mol. The minimum atomic E-state index is -0.209. The summed E-state index contributed by atoms with van der Waals surface area (Å²) in [4.78, 5) is 15.0. The van der Waals surface area contributed by atoms with Crippen LogP contribution in [-0.2, 0) is 28.9 Å². The Bertz CT molecular complexity index is 1000. The van der Waals surface area contributed by atoms with Crippen LogP contribution in [0.4, 0.5) is 4.39 Å². The summed E-state index contributed by atoms with van der Waals surface area (Å²) in [5, 5.41) is 4.02. The monoisotopic (exact) mass is 453 g/mol. The van der Waals surface area contributed by atoms with Gasteiger partial charge in [0.25, 0.3) is 0 Å². The minimum absolute atomic E-state index is 0.0987. The molecule has 1 aromatic heterocycles. The lowest BCUT2D eigenvalue weighted by molar-refractivity contribution is -0.132. The topological polar surface area (TPSA) is 38.8 Å². The van der Waals surface area contributed by atoms with Crippen molar-refractivity contribution in [3.05, 3.63) is 87.9 Å². The standard InChI is InChI=1S/C26H28FNO3S/c27-25-9-2-1-6-22(25)10-13-31-23-7-3-5-20(15-23)17-28(18-24-8-4-12-30-24)26(29)16-21-11-14-32-19-21/h1-3,5-7,9,11,14-15,19,24H,4,8,10,12-13,16-18H2/t24-/m0/s1. The third kappa shape index (κ3) is 6.40. The predicted molar refractivity (Wildman–Crippen MR) is 124 cm³/mol. The van der Waals surface area contributed by atoms with E-state index in [4.69, 9.17) is 9.47 Å². The number of carbonyl (C=O) groups is 1. The van der Waals surface area contributed by atoms with Crippen LogP contribution in [0.3, 0.4) is 0 Å². The number of carbonyl (C=O) groups excluding carboxylic acids is 1. The largest absolute Gasteiger partial charge is 0.493 e. The Morgan fingerprint density at radius 1 is 1.16 bits per heavy atom. The van der Waals surface area contributed by atoms with Crippen molar-refractivity contribution in [2.24, 2.45) is 0 Å². The number of thiophene rings is 1. The molecule has 2 aromatic carbocycles. The number of hydrogen-bond acceptors (Lipinski definition) is 4. The molecule has 6 heteroatoms. The van der Waals surface area contributed by atoms with Crippen molar-refractivity contribution in [1.29, 1.82) is 0 Å². The molecule has 3 aromatic rings. The third-order valence-electron chi connectivity index (χ3n) is 5.61. The summed E-state index contributed by atoms with van der Waals surface area (Å²) < 4.78 is 25.5. The maximum atomic E-state index is 13.8.